The molecule has 27 heavy (non-hydrogen) atoms. The molecule has 2 rings (SSSR count). The van der Waals surface area contributed by atoms with E-state index in [9.17, 15) is 18.4 Å². The van der Waals surface area contributed by atoms with Crippen LogP contribution in [-0.2, 0) is 4.79 Å². The molecular weight excluding hydrogens is 356 g/mol. The Morgan fingerprint density at radius 3 is 2.26 bits per heavy atom. The summed E-state index contributed by atoms with van der Waals surface area (Å²) >= 11 is 0. The van der Waals surface area contributed by atoms with Crippen molar-refractivity contribution in [1.82, 2.24) is 10.6 Å². The number of rotatable bonds is 8. The molecule has 2 aromatic rings. The standard InChI is InChI=1S/C19H21F2N3O3/c1-2-22-19(26)24-16(25)12-23-17(13-6-4-3-5-7-13)14-8-10-15(11-9-14)27-18(20)21/h3-11,17-18,23H,2,12H2,1H3,(H2,22,24,25,26)/p+1/t17-/m1/s1. The first-order valence-corrected chi connectivity index (χ1v) is 8.50. The Morgan fingerprint density at radius 2 is 1.67 bits per heavy atom. The number of amides is 3. The van der Waals surface area contributed by atoms with Gasteiger partial charge in [-0.25, -0.2) is 4.79 Å². The molecule has 144 valence electrons. The van der Waals surface area contributed by atoms with Gasteiger partial charge in [0.25, 0.3) is 5.91 Å². The highest BCUT2D eigenvalue weighted by Crippen LogP contribution is 2.22. The zero-order chi connectivity index (χ0) is 19.6. The van der Waals surface area contributed by atoms with E-state index in [4.69, 9.17) is 0 Å². The van der Waals surface area contributed by atoms with Gasteiger partial charge in [0, 0.05) is 17.7 Å². The summed E-state index contributed by atoms with van der Waals surface area (Å²) in [6.07, 6.45) is 0. The van der Waals surface area contributed by atoms with Gasteiger partial charge in [-0.3, -0.25) is 10.1 Å². The van der Waals surface area contributed by atoms with E-state index in [1.165, 1.54) is 12.1 Å². The van der Waals surface area contributed by atoms with E-state index in [0.717, 1.165) is 11.1 Å². The molecule has 0 aliphatic heterocycles. The Balaban J connectivity index is 2.10. The van der Waals surface area contributed by atoms with E-state index in [-0.39, 0.29) is 18.3 Å². The average molecular weight is 378 g/mol. The molecule has 1 atom stereocenters. The molecule has 0 spiro atoms. The summed E-state index contributed by atoms with van der Waals surface area (Å²) in [7, 11) is 0. The van der Waals surface area contributed by atoms with Gasteiger partial charge in [-0.05, 0) is 31.2 Å². The van der Waals surface area contributed by atoms with Crippen molar-refractivity contribution >= 4 is 11.9 Å². The second-order valence-electron chi connectivity index (χ2n) is 5.68. The van der Waals surface area contributed by atoms with Crippen molar-refractivity contribution in [2.45, 2.75) is 19.6 Å². The molecule has 0 saturated carbocycles. The zero-order valence-corrected chi connectivity index (χ0v) is 14.8. The van der Waals surface area contributed by atoms with Gasteiger partial charge < -0.3 is 15.4 Å². The largest absolute Gasteiger partial charge is 0.435 e. The van der Waals surface area contributed by atoms with Crippen LogP contribution in [0.15, 0.2) is 54.6 Å². The van der Waals surface area contributed by atoms with Crippen molar-refractivity contribution in [3.05, 3.63) is 65.7 Å². The molecule has 0 saturated heterocycles. The Labute approximate surface area is 155 Å². The van der Waals surface area contributed by atoms with Crippen LogP contribution >= 0.6 is 0 Å². The third-order valence-corrected chi connectivity index (χ3v) is 3.75. The minimum Gasteiger partial charge on any atom is -0.435 e. The van der Waals surface area contributed by atoms with Crippen molar-refractivity contribution < 1.29 is 28.4 Å². The van der Waals surface area contributed by atoms with Crippen molar-refractivity contribution in [2.24, 2.45) is 0 Å². The first-order valence-electron chi connectivity index (χ1n) is 8.50. The number of ether oxygens (including phenoxy) is 1. The predicted octanol–water partition coefficient (Wildman–Crippen LogP) is 1.79. The van der Waals surface area contributed by atoms with Crippen molar-refractivity contribution in [1.29, 1.82) is 0 Å². The summed E-state index contributed by atoms with van der Waals surface area (Å²) in [4.78, 5) is 23.4. The van der Waals surface area contributed by atoms with Crippen LogP contribution in [0.5, 0.6) is 5.75 Å². The number of hydrogen-bond acceptors (Lipinski definition) is 3. The number of carbonyl (C=O) groups excluding carboxylic acids is 2. The molecular formula is C19H22F2N3O3+. The molecule has 2 aromatic carbocycles. The van der Waals surface area contributed by atoms with Crippen LogP contribution < -0.4 is 20.7 Å². The number of imide groups is 1. The maximum atomic E-state index is 12.3. The molecule has 0 fully saturated rings. The topological polar surface area (TPSA) is 84.0 Å². The zero-order valence-electron chi connectivity index (χ0n) is 14.8. The Kier molecular flexibility index (Phi) is 7.69. The lowest BCUT2D eigenvalue weighted by Crippen LogP contribution is -2.88. The Morgan fingerprint density at radius 1 is 1.04 bits per heavy atom. The monoisotopic (exact) mass is 378 g/mol. The van der Waals surface area contributed by atoms with Gasteiger partial charge >= 0.3 is 12.6 Å². The van der Waals surface area contributed by atoms with Crippen LogP contribution in [0.2, 0.25) is 0 Å². The lowest BCUT2D eigenvalue weighted by molar-refractivity contribution is -0.676. The van der Waals surface area contributed by atoms with E-state index < -0.39 is 18.5 Å². The van der Waals surface area contributed by atoms with Crippen molar-refractivity contribution in [2.75, 3.05) is 13.1 Å². The van der Waals surface area contributed by atoms with Gasteiger partial charge in [-0.2, -0.15) is 8.78 Å². The number of nitrogens with two attached hydrogens (primary N) is 1. The number of nitrogens with one attached hydrogen (secondary N) is 2. The molecule has 6 nitrogen and oxygen atoms in total. The number of benzene rings is 2. The fourth-order valence-electron chi connectivity index (χ4n) is 2.59. The van der Waals surface area contributed by atoms with Crippen LogP contribution in [0.3, 0.4) is 0 Å². The molecule has 0 aromatic heterocycles. The molecule has 0 aliphatic carbocycles. The van der Waals surface area contributed by atoms with E-state index in [1.54, 1.807) is 24.4 Å². The summed E-state index contributed by atoms with van der Waals surface area (Å²) in [5.74, 6) is -0.367. The van der Waals surface area contributed by atoms with Crippen LogP contribution in [0.25, 0.3) is 0 Å². The van der Waals surface area contributed by atoms with Gasteiger partial charge in [-0.15, -0.1) is 0 Å². The maximum absolute atomic E-state index is 12.3. The summed E-state index contributed by atoms with van der Waals surface area (Å²) in [5, 5.41) is 6.51. The lowest BCUT2D eigenvalue weighted by Gasteiger charge is -2.17. The number of urea groups is 1. The Hall–Kier alpha value is -3.00. The number of halogens is 2. The van der Waals surface area contributed by atoms with Crippen LogP contribution in [0, 0.1) is 0 Å². The molecule has 3 amide bonds. The number of alkyl halides is 2. The quantitative estimate of drug-likeness (QED) is 0.655. The average Bonchev–Trinajstić information content (AvgIpc) is 2.64. The third-order valence-electron chi connectivity index (χ3n) is 3.75. The number of carbonyl (C=O) groups is 2. The van der Waals surface area contributed by atoms with Crippen LogP contribution in [-0.4, -0.2) is 31.6 Å². The minimum atomic E-state index is -2.88. The highest BCUT2D eigenvalue weighted by atomic mass is 19.3. The predicted molar refractivity (Wildman–Crippen MR) is 95.4 cm³/mol. The summed E-state index contributed by atoms with van der Waals surface area (Å²) in [6.45, 7) is -0.692. The number of quaternary nitrogens is 1. The van der Waals surface area contributed by atoms with Gasteiger partial charge in [0.15, 0.2) is 6.54 Å². The molecule has 0 unspecified atom stereocenters. The lowest BCUT2D eigenvalue weighted by atomic mass is 9.98. The molecule has 0 bridgehead atoms. The first kappa shape index (κ1) is 20.3. The summed E-state index contributed by atoms with van der Waals surface area (Å²) in [5.41, 5.74) is 1.75. The summed E-state index contributed by atoms with van der Waals surface area (Å²) in [6, 6.07) is 14.9. The van der Waals surface area contributed by atoms with E-state index >= 15 is 0 Å². The molecule has 4 N–H and O–H groups in total. The normalized spacial score (nSPS) is 11.7. The second kappa shape index (κ2) is 10.2. The van der Waals surface area contributed by atoms with Crippen LogP contribution in [0.1, 0.15) is 24.1 Å². The third kappa shape index (κ3) is 6.67. The molecule has 0 aliphatic rings. The van der Waals surface area contributed by atoms with Crippen LogP contribution in [0.4, 0.5) is 13.6 Å². The highest BCUT2D eigenvalue weighted by Gasteiger charge is 2.20. The maximum Gasteiger partial charge on any atom is 0.387 e. The fraction of sp³-hybridized carbons (Fsp3) is 0.263. The first-order chi connectivity index (χ1) is 13.0. The summed E-state index contributed by atoms with van der Waals surface area (Å²) < 4.78 is 29.0. The molecule has 0 heterocycles. The smallest absolute Gasteiger partial charge is 0.387 e. The van der Waals surface area contributed by atoms with Crippen molar-refractivity contribution in [3.8, 4) is 5.75 Å². The highest BCUT2D eigenvalue weighted by molar-refractivity contribution is 5.94. The van der Waals surface area contributed by atoms with Crippen molar-refractivity contribution in [3.63, 3.8) is 0 Å². The number of hydrogen-bond donors (Lipinski definition) is 3. The van der Waals surface area contributed by atoms with E-state index in [0.29, 0.717) is 6.54 Å². The SMILES string of the molecule is CCNC(=O)NC(=O)C[NH2+][C@H](c1ccccc1)c1ccc(OC(F)F)cc1. The van der Waals surface area contributed by atoms with Gasteiger partial charge in [0.1, 0.15) is 11.8 Å². The minimum absolute atomic E-state index is 0.0198. The van der Waals surface area contributed by atoms with E-state index in [2.05, 4.69) is 15.4 Å². The molecule has 0 radical (unpaired) electrons. The van der Waals surface area contributed by atoms with Gasteiger partial charge in [0.05, 0.1) is 0 Å². The Bertz CT molecular complexity index is 740. The van der Waals surface area contributed by atoms with E-state index in [1.807, 2.05) is 30.3 Å². The fourth-order valence-corrected chi connectivity index (χ4v) is 2.59. The second-order valence-corrected chi connectivity index (χ2v) is 5.68. The van der Waals surface area contributed by atoms with Gasteiger partial charge in [0.2, 0.25) is 0 Å². The molecule has 8 heteroatoms. The van der Waals surface area contributed by atoms with Gasteiger partial charge in [-0.1, -0.05) is 30.3 Å².